The van der Waals surface area contributed by atoms with Crippen LogP contribution in [0.3, 0.4) is 0 Å². The van der Waals surface area contributed by atoms with Crippen LogP contribution in [0.2, 0.25) is 0 Å². The highest BCUT2D eigenvalue weighted by Gasteiger charge is 2.07. The molecule has 1 aromatic carbocycles. The number of rotatable bonds is 5. The van der Waals surface area contributed by atoms with Crippen LogP contribution in [0, 0.1) is 3.57 Å². The van der Waals surface area contributed by atoms with E-state index in [1.165, 1.54) is 0 Å². The Morgan fingerprint density at radius 2 is 2.07 bits per heavy atom. The number of carbonyl (C=O) groups excluding carboxylic acids is 1. The van der Waals surface area contributed by atoms with Gasteiger partial charge in [-0.05, 0) is 47.6 Å². The van der Waals surface area contributed by atoms with E-state index in [2.05, 4.69) is 27.9 Å². The van der Waals surface area contributed by atoms with Gasteiger partial charge in [0.15, 0.2) is 0 Å². The van der Waals surface area contributed by atoms with Crippen LogP contribution in [0.5, 0.6) is 0 Å². The predicted octanol–water partition coefficient (Wildman–Crippen LogP) is 3.04. The minimum Gasteiger partial charge on any atom is -0.352 e. The first-order chi connectivity index (χ1) is 7.25. The van der Waals surface area contributed by atoms with Gasteiger partial charge in [0.25, 0.3) is 5.91 Å². The topological polar surface area (TPSA) is 29.1 Å². The van der Waals surface area contributed by atoms with Crippen LogP contribution in [-0.4, -0.2) is 18.3 Å². The molecule has 4 heteroatoms. The first-order valence-electron chi connectivity index (χ1n) is 4.84. The molecule has 1 rings (SSSR count). The molecule has 0 heterocycles. The number of unbranched alkanes of at least 4 members (excludes halogenated alkanes) is 1. The smallest absolute Gasteiger partial charge is 0.252 e. The molecule has 15 heavy (non-hydrogen) atoms. The number of hydrogen-bond donors (Lipinski definition) is 1. The van der Waals surface area contributed by atoms with Gasteiger partial charge in [-0.2, -0.15) is 0 Å². The van der Waals surface area contributed by atoms with Crippen molar-refractivity contribution in [2.24, 2.45) is 0 Å². The van der Waals surface area contributed by atoms with Crippen LogP contribution in [0.25, 0.3) is 0 Å². The fourth-order valence-corrected chi connectivity index (χ4v) is 1.98. The molecular formula is C11H13ClINO. The van der Waals surface area contributed by atoms with Gasteiger partial charge in [-0.15, -0.1) is 11.6 Å². The first kappa shape index (κ1) is 12.8. The number of halogens is 2. The average molecular weight is 338 g/mol. The average Bonchev–Trinajstić information content (AvgIpc) is 2.25. The van der Waals surface area contributed by atoms with E-state index in [4.69, 9.17) is 11.6 Å². The number of amides is 1. The molecule has 0 bridgehead atoms. The first-order valence-corrected chi connectivity index (χ1v) is 6.45. The third-order valence-electron chi connectivity index (χ3n) is 1.96. The predicted molar refractivity (Wildman–Crippen MR) is 71.4 cm³/mol. The molecule has 0 aliphatic carbocycles. The maximum Gasteiger partial charge on any atom is 0.252 e. The molecular weight excluding hydrogens is 324 g/mol. The van der Waals surface area contributed by atoms with Crippen LogP contribution in [-0.2, 0) is 0 Å². The Kier molecular flexibility index (Phi) is 6.02. The highest BCUT2D eigenvalue weighted by atomic mass is 127. The molecule has 0 saturated heterocycles. The second-order valence-corrected chi connectivity index (χ2v) is 4.67. The van der Waals surface area contributed by atoms with Crippen molar-refractivity contribution in [2.45, 2.75) is 12.8 Å². The summed E-state index contributed by atoms with van der Waals surface area (Å²) < 4.78 is 0.977. The monoisotopic (exact) mass is 337 g/mol. The van der Waals surface area contributed by atoms with Crippen molar-refractivity contribution in [3.05, 3.63) is 33.4 Å². The summed E-state index contributed by atoms with van der Waals surface area (Å²) in [5.41, 5.74) is 0.740. The lowest BCUT2D eigenvalue weighted by Gasteiger charge is -2.05. The Labute approximate surface area is 109 Å². The van der Waals surface area contributed by atoms with Crippen molar-refractivity contribution in [3.8, 4) is 0 Å². The van der Waals surface area contributed by atoms with E-state index >= 15 is 0 Å². The van der Waals surface area contributed by atoms with Gasteiger partial charge in [-0.3, -0.25) is 4.79 Å². The molecule has 82 valence electrons. The molecule has 1 N–H and O–H groups in total. The zero-order chi connectivity index (χ0) is 11.1. The lowest BCUT2D eigenvalue weighted by atomic mass is 10.2. The second-order valence-electron chi connectivity index (χ2n) is 3.13. The summed E-state index contributed by atoms with van der Waals surface area (Å²) in [5.74, 6) is 0.647. The number of nitrogens with one attached hydrogen (secondary N) is 1. The molecule has 0 spiro atoms. The lowest BCUT2D eigenvalue weighted by molar-refractivity contribution is 0.0952. The summed E-state index contributed by atoms with van der Waals surface area (Å²) in [7, 11) is 0. The molecule has 0 aromatic heterocycles. The largest absolute Gasteiger partial charge is 0.352 e. The summed E-state index contributed by atoms with van der Waals surface area (Å²) in [6.07, 6.45) is 1.87. The molecule has 2 nitrogen and oxygen atoms in total. The van der Waals surface area contributed by atoms with Gasteiger partial charge in [0.1, 0.15) is 0 Å². The molecule has 1 amide bonds. The zero-order valence-electron chi connectivity index (χ0n) is 8.30. The maximum absolute atomic E-state index is 11.7. The van der Waals surface area contributed by atoms with Gasteiger partial charge >= 0.3 is 0 Å². The highest BCUT2D eigenvalue weighted by molar-refractivity contribution is 14.1. The molecule has 0 aliphatic heterocycles. The normalized spacial score (nSPS) is 10.0. The Balaban J connectivity index is 2.44. The van der Waals surface area contributed by atoms with Crippen molar-refractivity contribution in [1.82, 2.24) is 5.32 Å². The number of carbonyl (C=O) groups is 1. The maximum atomic E-state index is 11.7. The van der Waals surface area contributed by atoms with Gasteiger partial charge in [0.05, 0.1) is 5.56 Å². The number of benzene rings is 1. The standard InChI is InChI=1S/C11H13ClINO/c12-7-3-4-8-14-11(15)9-5-1-2-6-10(9)13/h1-2,5-6H,3-4,7-8H2,(H,14,15). The van der Waals surface area contributed by atoms with Gasteiger partial charge in [0, 0.05) is 16.0 Å². The van der Waals surface area contributed by atoms with Crippen LogP contribution in [0.4, 0.5) is 0 Å². The Morgan fingerprint density at radius 3 is 2.73 bits per heavy atom. The van der Waals surface area contributed by atoms with E-state index in [-0.39, 0.29) is 5.91 Å². The van der Waals surface area contributed by atoms with E-state index < -0.39 is 0 Å². The van der Waals surface area contributed by atoms with Crippen molar-refractivity contribution >= 4 is 40.1 Å². The van der Waals surface area contributed by atoms with Crippen LogP contribution < -0.4 is 5.32 Å². The summed E-state index contributed by atoms with van der Waals surface area (Å²) in [5, 5.41) is 2.87. The quantitative estimate of drug-likeness (QED) is 0.499. The molecule has 0 unspecified atom stereocenters. The SMILES string of the molecule is O=C(NCCCCCl)c1ccccc1I. The fraction of sp³-hybridized carbons (Fsp3) is 0.364. The Bertz CT molecular complexity index is 330. The van der Waals surface area contributed by atoms with Crippen molar-refractivity contribution in [1.29, 1.82) is 0 Å². The zero-order valence-corrected chi connectivity index (χ0v) is 11.2. The minimum absolute atomic E-state index is 0.00503. The summed E-state index contributed by atoms with van der Waals surface area (Å²) >= 11 is 7.71. The van der Waals surface area contributed by atoms with Crippen LogP contribution >= 0.6 is 34.2 Å². The summed E-state index contributed by atoms with van der Waals surface area (Å²) in [4.78, 5) is 11.7. The molecule has 0 atom stereocenters. The van der Waals surface area contributed by atoms with Gasteiger partial charge in [-0.25, -0.2) is 0 Å². The van der Waals surface area contributed by atoms with Gasteiger partial charge in [-0.1, -0.05) is 12.1 Å². The van der Waals surface area contributed by atoms with Gasteiger partial charge in [0.2, 0.25) is 0 Å². The third-order valence-corrected chi connectivity index (χ3v) is 3.17. The minimum atomic E-state index is -0.00503. The van der Waals surface area contributed by atoms with Crippen LogP contribution in [0.15, 0.2) is 24.3 Å². The lowest BCUT2D eigenvalue weighted by Crippen LogP contribution is -2.25. The fourth-order valence-electron chi connectivity index (χ4n) is 1.16. The third kappa shape index (κ3) is 4.38. The van der Waals surface area contributed by atoms with Crippen LogP contribution in [0.1, 0.15) is 23.2 Å². The second kappa shape index (κ2) is 7.06. The summed E-state index contributed by atoms with van der Waals surface area (Å²) in [6.45, 7) is 0.691. The molecule has 0 radical (unpaired) electrons. The van der Waals surface area contributed by atoms with E-state index in [1.54, 1.807) is 0 Å². The Morgan fingerprint density at radius 1 is 1.33 bits per heavy atom. The molecule has 1 aromatic rings. The van der Waals surface area contributed by atoms with Crippen molar-refractivity contribution in [3.63, 3.8) is 0 Å². The molecule has 0 fully saturated rings. The molecule has 0 aliphatic rings. The number of alkyl halides is 1. The van der Waals surface area contributed by atoms with E-state index in [0.29, 0.717) is 12.4 Å². The van der Waals surface area contributed by atoms with Gasteiger partial charge < -0.3 is 5.32 Å². The molecule has 0 saturated carbocycles. The van der Waals surface area contributed by atoms with E-state index in [1.807, 2.05) is 24.3 Å². The van der Waals surface area contributed by atoms with Crippen molar-refractivity contribution in [2.75, 3.05) is 12.4 Å². The number of hydrogen-bond acceptors (Lipinski definition) is 1. The van der Waals surface area contributed by atoms with Crippen molar-refractivity contribution < 1.29 is 4.79 Å². The Hall–Kier alpha value is -0.290. The van der Waals surface area contributed by atoms with E-state index in [9.17, 15) is 4.79 Å². The highest BCUT2D eigenvalue weighted by Crippen LogP contribution is 2.10. The van der Waals surface area contributed by atoms with E-state index in [0.717, 1.165) is 22.0 Å². The summed E-state index contributed by atoms with van der Waals surface area (Å²) in [6, 6.07) is 7.55.